The average Bonchev–Trinajstić information content (AvgIpc) is 2.92. The molecule has 136 valence electrons. The van der Waals surface area contributed by atoms with Gasteiger partial charge in [0.1, 0.15) is 11.8 Å². The minimum atomic E-state index is -0.658. The zero-order valence-corrected chi connectivity index (χ0v) is 15.5. The Hall–Kier alpha value is -1.40. The lowest BCUT2D eigenvalue weighted by Gasteiger charge is -2.33. The maximum atomic E-state index is 13.0. The number of hydrogen-bond donors (Lipinski definition) is 1. The molecule has 0 bridgehead atoms. The van der Waals surface area contributed by atoms with E-state index in [2.05, 4.69) is 18.9 Å². The standard InChI is InChI=1S/C18H31N3O3/c1-6-21-15(11-13(19-21)12(2)3)18(23)20(4)14-9-7-8-10-16(24-5)17(14)22/h11-12,14,16-17,22H,6-10H2,1-5H3/t14-,16-,17-/m1/s1. The van der Waals surface area contributed by atoms with Crippen LogP contribution in [0.1, 0.15) is 68.6 Å². The maximum absolute atomic E-state index is 13.0. The van der Waals surface area contributed by atoms with Crippen molar-refractivity contribution in [3.8, 4) is 0 Å². The molecule has 1 N–H and O–H groups in total. The number of aryl methyl sites for hydroxylation is 1. The predicted octanol–water partition coefficient (Wildman–Crippen LogP) is 2.42. The number of ether oxygens (including phenoxy) is 1. The molecule has 0 saturated heterocycles. The molecule has 3 atom stereocenters. The highest BCUT2D eigenvalue weighted by Crippen LogP contribution is 2.25. The zero-order valence-electron chi connectivity index (χ0n) is 15.5. The number of likely N-dealkylation sites (N-methyl/N-ethyl adjacent to an activating group) is 1. The Balaban J connectivity index is 2.24. The van der Waals surface area contributed by atoms with Gasteiger partial charge in [-0.15, -0.1) is 0 Å². The third-order valence-electron chi connectivity index (χ3n) is 5.04. The molecule has 1 aliphatic rings. The fourth-order valence-corrected chi connectivity index (χ4v) is 3.43. The van der Waals surface area contributed by atoms with Crippen LogP contribution in [0, 0.1) is 0 Å². The molecule has 1 amide bonds. The molecule has 0 aromatic carbocycles. The summed E-state index contributed by atoms with van der Waals surface area (Å²) in [6, 6.07) is 1.65. The van der Waals surface area contributed by atoms with Crippen LogP contribution in [0.5, 0.6) is 0 Å². The molecular formula is C18H31N3O3. The quantitative estimate of drug-likeness (QED) is 0.838. The Morgan fingerprint density at radius 1 is 1.46 bits per heavy atom. The van der Waals surface area contributed by atoms with E-state index in [0.717, 1.165) is 31.4 Å². The van der Waals surface area contributed by atoms with Crippen molar-refractivity contribution in [2.24, 2.45) is 0 Å². The van der Waals surface area contributed by atoms with Gasteiger partial charge in [0, 0.05) is 20.7 Å². The minimum Gasteiger partial charge on any atom is -0.388 e. The zero-order chi connectivity index (χ0) is 17.9. The summed E-state index contributed by atoms with van der Waals surface area (Å²) in [5.41, 5.74) is 1.51. The first-order chi connectivity index (χ1) is 11.4. The lowest BCUT2D eigenvalue weighted by Crippen LogP contribution is -2.49. The van der Waals surface area contributed by atoms with Crippen molar-refractivity contribution >= 4 is 5.91 Å². The van der Waals surface area contributed by atoms with Crippen LogP contribution in [0.4, 0.5) is 0 Å². The lowest BCUT2D eigenvalue weighted by atomic mass is 10.0. The second-order valence-corrected chi connectivity index (χ2v) is 6.96. The second-order valence-electron chi connectivity index (χ2n) is 6.96. The van der Waals surface area contributed by atoms with Gasteiger partial charge in [-0.3, -0.25) is 9.48 Å². The Morgan fingerprint density at radius 3 is 2.71 bits per heavy atom. The van der Waals surface area contributed by atoms with Crippen LogP contribution in [-0.4, -0.2) is 58.1 Å². The first-order valence-electron chi connectivity index (χ1n) is 8.96. The fourth-order valence-electron chi connectivity index (χ4n) is 3.43. The van der Waals surface area contributed by atoms with E-state index in [4.69, 9.17) is 4.74 Å². The van der Waals surface area contributed by atoms with Gasteiger partial charge in [0.2, 0.25) is 0 Å². The predicted molar refractivity (Wildman–Crippen MR) is 93.1 cm³/mol. The maximum Gasteiger partial charge on any atom is 0.272 e. The van der Waals surface area contributed by atoms with Crippen LogP contribution in [0.25, 0.3) is 0 Å². The monoisotopic (exact) mass is 337 g/mol. The molecule has 0 radical (unpaired) electrons. The Morgan fingerprint density at radius 2 is 2.12 bits per heavy atom. The number of aliphatic hydroxyl groups is 1. The van der Waals surface area contributed by atoms with Gasteiger partial charge in [0.25, 0.3) is 5.91 Å². The minimum absolute atomic E-state index is 0.0861. The number of aliphatic hydroxyl groups excluding tert-OH is 1. The van der Waals surface area contributed by atoms with Crippen molar-refractivity contribution in [3.05, 3.63) is 17.5 Å². The summed E-state index contributed by atoms with van der Waals surface area (Å²) < 4.78 is 7.18. The Labute approximate surface area is 144 Å². The number of methoxy groups -OCH3 is 1. The fraction of sp³-hybridized carbons (Fsp3) is 0.778. The summed E-state index contributed by atoms with van der Waals surface area (Å²) in [4.78, 5) is 14.7. The summed E-state index contributed by atoms with van der Waals surface area (Å²) in [5, 5.41) is 15.2. The number of amides is 1. The SMILES string of the molecule is CCn1nc(C(C)C)cc1C(=O)N(C)[C@@H]1CCCC[C@@H](OC)[C@@H]1O. The Bertz CT molecular complexity index is 556. The summed E-state index contributed by atoms with van der Waals surface area (Å²) in [7, 11) is 3.40. The van der Waals surface area contributed by atoms with E-state index in [1.165, 1.54) is 0 Å². The summed E-state index contributed by atoms with van der Waals surface area (Å²) in [6.07, 6.45) is 2.76. The van der Waals surface area contributed by atoms with Crippen molar-refractivity contribution in [1.82, 2.24) is 14.7 Å². The molecule has 1 saturated carbocycles. The molecule has 6 nitrogen and oxygen atoms in total. The van der Waals surface area contributed by atoms with Crippen LogP contribution < -0.4 is 0 Å². The van der Waals surface area contributed by atoms with Gasteiger partial charge in [-0.05, 0) is 31.7 Å². The van der Waals surface area contributed by atoms with Crippen molar-refractivity contribution in [3.63, 3.8) is 0 Å². The van der Waals surface area contributed by atoms with Crippen LogP contribution in [0.15, 0.2) is 6.07 Å². The van der Waals surface area contributed by atoms with Crippen molar-refractivity contribution in [1.29, 1.82) is 0 Å². The largest absolute Gasteiger partial charge is 0.388 e. The third-order valence-corrected chi connectivity index (χ3v) is 5.04. The molecule has 1 aromatic heterocycles. The van der Waals surface area contributed by atoms with Gasteiger partial charge in [0.15, 0.2) is 0 Å². The average molecular weight is 337 g/mol. The molecule has 1 heterocycles. The molecular weight excluding hydrogens is 306 g/mol. The van der Waals surface area contributed by atoms with E-state index < -0.39 is 6.10 Å². The highest BCUT2D eigenvalue weighted by Gasteiger charge is 2.35. The molecule has 0 spiro atoms. The van der Waals surface area contributed by atoms with Crippen LogP contribution in [-0.2, 0) is 11.3 Å². The summed E-state index contributed by atoms with van der Waals surface area (Å²) in [5.74, 6) is 0.188. The van der Waals surface area contributed by atoms with Crippen molar-refractivity contribution < 1.29 is 14.6 Å². The number of aromatic nitrogens is 2. The van der Waals surface area contributed by atoms with Gasteiger partial charge in [-0.1, -0.05) is 26.7 Å². The van der Waals surface area contributed by atoms with Crippen molar-refractivity contribution in [2.75, 3.05) is 14.2 Å². The number of carbonyl (C=O) groups excluding carboxylic acids is 1. The van der Waals surface area contributed by atoms with E-state index in [9.17, 15) is 9.90 Å². The van der Waals surface area contributed by atoms with Gasteiger partial charge in [0.05, 0.1) is 17.8 Å². The highest BCUT2D eigenvalue weighted by molar-refractivity contribution is 5.92. The van der Waals surface area contributed by atoms with E-state index in [1.807, 2.05) is 13.0 Å². The molecule has 0 unspecified atom stereocenters. The molecule has 1 aliphatic carbocycles. The van der Waals surface area contributed by atoms with Gasteiger partial charge >= 0.3 is 0 Å². The van der Waals surface area contributed by atoms with E-state index >= 15 is 0 Å². The number of nitrogens with zero attached hydrogens (tertiary/aromatic N) is 3. The van der Waals surface area contributed by atoms with E-state index in [0.29, 0.717) is 12.2 Å². The smallest absolute Gasteiger partial charge is 0.272 e. The van der Waals surface area contributed by atoms with Gasteiger partial charge in [-0.25, -0.2) is 0 Å². The normalized spacial score (nSPS) is 24.9. The van der Waals surface area contributed by atoms with Crippen LogP contribution in [0.2, 0.25) is 0 Å². The van der Waals surface area contributed by atoms with Gasteiger partial charge in [-0.2, -0.15) is 5.10 Å². The van der Waals surface area contributed by atoms with Crippen molar-refractivity contribution in [2.45, 2.75) is 77.2 Å². The van der Waals surface area contributed by atoms with E-state index in [-0.39, 0.29) is 24.0 Å². The van der Waals surface area contributed by atoms with Gasteiger partial charge < -0.3 is 14.7 Å². The highest BCUT2D eigenvalue weighted by atomic mass is 16.5. The first kappa shape index (κ1) is 18.9. The summed E-state index contributed by atoms with van der Waals surface area (Å²) in [6.45, 7) is 6.77. The third kappa shape index (κ3) is 3.81. The number of rotatable bonds is 5. The number of carbonyl (C=O) groups is 1. The van der Waals surface area contributed by atoms with Crippen LogP contribution in [0.3, 0.4) is 0 Å². The number of hydrogen-bond acceptors (Lipinski definition) is 4. The molecule has 6 heteroatoms. The molecule has 24 heavy (non-hydrogen) atoms. The van der Waals surface area contributed by atoms with E-state index in [1.54, 1.807) is 23.7 Å². The topological polar surface area (TPSA) is 67.6 Å². The second kappa shape index (κ2) is 8.12. The lowest BCUT2D eigenvalue weighted by molar-refractivity contribution is -0.0464. The molecule has 1 aromatic rings. The first-order valence-corrected chi connectivity index (χ1v) is 8.96. The molecule has 2 rings (SSSR count). The molecule has 0 aliphatic heterocycles. The van der Waals surface area contributed by atoms with Crippen LogP contribution >= 0.6 is 0 Å². The molecule has 1 fully saturated rings. The Kier molecular flexibility index (Phi) is 6.40. The summed E-state index contributed by atoms with van der Waals surface area (Å²) >= 11 is 0.